The monoisotopic (exact) mass is 186 g/mol. The van der Waals surface area contributed by atoms with Crippen molar-refractivity contribution in [1.29, 1.82) is 0 Å². The number of nitrogens with zero attached hydrogens (tertiary/aromatic N) is 1. The molecule has 1 unspecified atom stereocenters. The van der Waals surface area contributed by atoms with Crippen molar-refractivity contribution in [2.75, 3.05) is 19.7 Å². The van der Waals surface area contributed by atoms with Crippen molar-refractivity contribution in [2.45, 2.75) is 32.4 Å². The molecule has 0 radical (unpaired) electrons. The predicted octanol–water partition coefficient (Wildman–Crippen LogP) is -0.764. The van der Waals surface area contributed by atoms with Crippen LogP contribution in [0.5, 0.6) is 0 Å². The Hall–Kier alpha value is -0.610. The molecular formula is C9H16NO3-. The van der Waals surface area contributed by atoms with Crippen LogP contribution in [0.25, 0.3) is 0 Å². The van der Waals surface area contributed by atoms with Gasteiger partial charge in [0.15, 0.2) is 0 Å². The van der Waals surface area contributed by atoms with Crippen molar-refractivity contribution in [3.05, 3.63) is 0 Å². The molecule has 1 aliphatic rings. The Labute approximate surface area is 78.5 Å². The first-order chi connectivity index (χ1) is 5.93. The van der Waals surface area contributed by atoms with Crippen LogP contribution < -0.4 is 5.11 Å². The Bertz CT molecular complexity index is 203. The lowest BCUT2D eigenvalue weighted by Gasteiger charge is -2.44. The summed E-state index contributed by atoms with van der Waals surface area (Å²) in [5.74, 6) is -1.02. The molecule has 1 heterocycles. The highest BCUT2D eigenvalue weighted by molar-refractivity contribution is 5.66. The van der Waals surface area contributed by atoms with E-state index in [4.69, 9.17) is 4.74 Å². The Morgan fingerprint density at radius 2 is 2.31 bits per heavy atom. The molecule has 0 N–H and O–H groups in total. The van der Waals surface area contributed by atoms with Crippen LogP contribution in [0.3, 0.4) is 0 Å². The van der Waals surface area contributed by atoms with Crippen LogP contribution in [0.15, 0.2) is 0 Å². The van der Waals surface area contributed by atoms with Gasteiger partial charge >= 0.3 is 0 Å². The zero-order valence-corrected chi connectivity index (χ0v) is 8.37. The zero-order chi connectivity index (χ0) is 10.1. The summed E-state index contributed by atoms with van der Waals surface area (Å²) >= 11 is 0. The van der Waals surface area contributed by atoms with E-state index in [1.165, 1.54) is 0 Å². The van der Waals surface area contributed by atoms with E-state index in [0.29, 0.717) is 13.2 Å². The standard InChI is InChI=1S/C9H17NO3/c1-7-9(2,3)13-5-4-10(7)6-8(11)12/h7H,4-6H2,1-3H3,(H,11,12)/p-1. The largest absolute Gasteiger partial charge is 0.549 e. The summed E-state index contributed by atoms with van der Waals surface area (Å²) in [6, 6.07) is 0.110. The number of hydrogen-bond donors (Lipinski definition) is 0. The third-order valence-corrected chi connectivity index (χ3v) is 2.74. The van der Waals surface area contributed by atoms with E-state index in [0.717, 1.165) is 0 Å². The van der Waals surface area contributed by atoms with Crippen LogP contribution in [-0.4, -0.2) is 42.2 Å². The number of carbonyl (C=O) groups is 1. The molecule has 0 spiro atoms. The molecule has 13 heavy (non-hydrogen) atoms. The number of ether oxygens (including phenoxy) is 1. The fraction of sp³-hybridized carbons (Fsp3) is 0.889. The second-order valence-electron chi connectivity index (χ2n) is 3.97. The smallest absolute Gasteiger partial charge is 0.0779 e. The number of carbonyl (C=O) groups excluding carboxylic acids is 1. The van der Waals surface area contributed by atoms with Gasteiger partial charge in [0.1, 0.15) is 0 Å². The first-order valence-corrected chi connectivity index (χ1v) is 4.51. The van der Waals surface area contributed by atoms with Gasteiger partial charge in [0.25, 0.3) is 0 Å². The highest BCUT2D eigenvalue weighted by Crippen LogP contribution is 2.23. The van der Waals surface area contributed by atoms with Crippen molar-refractivity contribution < 1.29 is 14.6 Å². The average Bonchev–Trinajstić information content (AvgIpc) is 1.98. The molecule has 1 saturated heterocycles. The summed E-state index contributed by atoms with van der Waals surface area (Å²) in [5.41, 5.74) is -0.270. The van der Waals surface area contributed by atoms with Gasteiger partial charge in [-0.1, -0.05) is 0 Å². The molecule has 1 fully saturated rings. The summed E-state index contributed by atoms with van der Waals surface area (Å²) in [4.78, 5) is 12.3. The zero-order valence-electron chi connectivity index (χ0n) is 8.37. The van der Waals surface area contributed by atoms with Gasteiger partial charge in [-0.3, -0.25) is 4.90 Å². The van der Waals surface area contributed by atoms with Gasteiger partial charge in [-0.2, -0.15) is 0 Å². The van der Waals surface area contributed by atoms with Gasteiger partial charge in [-0.25, -0.2) is 0 Å². The van der Waals surface area contributed by atoms with Crippen molar-refractivity contribution in [3.63, 3.8) is 0 Å². The molecule has 76 valence electrons. The molecule has 0 saturated carbocycles. The van der Waals surface area contributed by atoms with Gasteiger partial charge in [0.2, 0.25) is 0 Å². The Morgan fingerprint density at radius 1 is 1.69 bits per heavy atom. The van der Waals surface area contributed by atoms with Crippen LogP contribution in [0.2, 0.25) is 0 Å². The maximum atomic E-state index is 10.4. The average molecular weight is 186 g/mol. The lowest BCUT2D eigenvalue weighted by atomic mass is 9.97. The number of carboxylic acids is 1. The number of rotatable bonds is 2. The molecule has 0 aromatic heterocycles. The second kappa shape index (κ2) is 3.64. The minimum atomic E-state index is -1.02. The first kappa shape index (κ1) is 10.5. The van der Waals surface area contributed by atoms with E-state index in [1.54, 1.807) is 0 Å². The summed E-state index contributed by atoms with van der Waals surface area (Å²) in [5, 5.41) is 10.4. The molecule has 1 aliphatic heterocycles. The molecule has 0 aromatic carbocycles. The third-order valence-electron chi connectivity index (χ3n) is 2.74. The first-order valence-electron chi connectivity index (χ1n) is 4.51. The molecule has 0 aromatic rings. The van der Waals surface area contributed by atoms with Crippen LogP contribution in [0.4, 0.5) is 0 Å². The van der Waals surface area contributed by atoms with E-state index in [9.17, 15) is 9.90 Å². The fourth-order valence-corrected chi connectivity index (χ4v) is 1.56. The van der Waals surface area contributed by atoms with Gasteiger partial charge in [-0.15, -0.1) is 0 Å². The molecular weight excluding hydrogens is 170 g/mol. The van der Waals surface area contributed by atoms with Gasteiger partial charge in [0.05, 0.1) is 18.2 Å². The van der Waals surface area contributed by atoms with Gasteiger partial charge in [0, 0.05) is 19.1 Å². The number of hydrogen-bond acceptors (Lipinski definition) is 4. The molecule has 4 nitrogen and oxygen atoms in total. The van der Waals surface area contributed by atoms with E-state index in [2.05, 4.69) is 0 Å². The minimum absolute atomic E-state index is 0.00600. The molecule has 0 amide bonds. The quantitative estimate of drug-likeness (QED) is 0.568. The molecule has 1 rings (SSSR count). The van der Waals surface area contributed by atoms with Gasteiger partial charge < -0.3 is 14.6 Å². The molecule has 0 aliphatic carbocycles. The number of morpholine rings is 1. The van der Waals surface area contributed by atoms with Crippen LogP contribution in [-0.2, 0) is 9.53 Å². The molecule has 1 atom stereocenters. The van der Waals surface area contributed by atoms with Crippen LogP contribution in [0, 0.1) is 0 Å². The van der Waals surface area contributed by atoms with E-state index < -0.39 is 5.97 Å². The fourth-order valence-electron chi connectivity index (χ4n) is 1.56. The normalized spacial score (nSPS) is 28.7. The summed E-state index contributed by atoms with van der Waals surface area (Å²) in [6.07, 6.45) is 0. The maximum Gasteiger partial charge on any atom is 0.0779 e. The summed E-state index contributed by atoms with van der Waals surface area (Å²) in [7, 11) is 0. The highest BCUT2D eigenvalue weighted by Gasteiger charge is 2.34. The number of aliphatic carboxylic acids is 1. The second-order valence-corrected chi connectivity index (χ2v) is 3.97. The van der Waals surface area contributed by atoms with Crippen molar-refractivity contribution in [2.24, 2.45) is 0 Å². The summed E-state index contributed by atoms with van der Waals surface area (Å²) < 4.78 is 5.53. The predicted molar refractivity (Wildman–Crippen MR) is 46.1 cm³/mol. The van der Waals surface area contributed by atoms with E-state index >= 15 is 0 Å². The van der Waals surface area contributed by atoms with Crippen LogP contribution >= 0.6 is 0 Å². The van der Waals surface area contributed by atoms with Crippen molar-refractivity contribution in [1.82, 2.24) is 4.90 Å². The minimum Gasteiger partial charge on any atom is -0.549 e. The highest BCUT2D eigenvalue weighted by atomic mass is 16.5. The third kappa shape index (κ3) is 2.42. The lowest BCUT2D eigenvalue weighted by molar-refractivity contribution is -0.307. The Balaban J connectivity index is 2.60. The maximum absolute atomic E-state index is 10.4. The Kier molecular flexibility index (Phi) is 2.93. The SMILES string of the molecule is CC1N(CC(=O)[O-])CCOC1(C)C. The van der Waals surface area contributed by atoms with E-state index in [-0.39, 0.29) is 18.2 Å². The number of carboxylic acid groups (broad SMARTS) is 1. The van der Waals surface area contributed by atoms with Crippen molar-refractivity contribution in [3.8, 4) is 0 Å². The van der Waals surface area contributed by atoms with Crippen molar-refractivity contribution >= 4 is 5.97 Å². The van der Waals surface area contributed by atoms with Crippen LogP contribution in [0.1, 0.15) is 20.8 Å². The molecule has 0 bridgehead atoms. The topological polar surface area (TPSA) is 52.6 Å². The van der Waals surface area contributed by atoms with Gasteiger partial charge in [-0.05, 0) is 20.8 Å². The Morgan fingerprint density at radius 3 is 2.85 bits per heavy atom. The van der Waals surface area contributed by atoms with E-state index in [1.807, 2.05) is 25.7 Å². The summed E-state index contributed by atoms with van der Waals surface area (Å²) in [6.45, 7) is 7.16. The lowest BCUT2D eigenvalue weighted by Crippen LogP contribution is -2.57. The molecule has 4 heteroatoms.